The number of aryl methyl sites for hydroxylation is 3. The molecule has 1 aliphatic carbocycles. The number of benzene rings is 2. The number of ether oxygens (including phenoxy) is 5. The molecule has 0 radical (unpaired) electrons. The SMILES string of the molecule is CCc1n[nH]c2nc(-c3cc(NC(=O)c4cc(OC)cc(OCCN5CCOCC5)c4)cnc3C)ccc12.COc1cc(OC)cc(C(=O)Nc2cnc(C)c(-c3ccc4c(C5CC5)n[nH]c4n3)c2)c1. The van der Waals surface area contributed by atoms with Crippen LogP contribution in [0.3, 0.4) is 0 Å². The Bertz CT molecular complexity index is 3160. The van der Waals surface area contributed by atoms with Gasteiger partial charge in [0.1, 0.15) is 29.6 Å². The maximum atomic E-state index is 13.2. The number of morpholine rings is 1. The van der Waals surface area contributed by atoms with Gasteiger partial charge in [0.2, 0.25) is 0 Å². The third-order valence-corrected chi connectivity index (χ3v) is 12.3. The minimum Gasteiger partial charge on any atom is -0.497 e. The normalized spacial score (nSPS) is 13.6. The fourth-order valence-electron chi connectivity index (χ4n) is 8.21. The van der Waals surface area contributed by atoms with Crippen molar-refractivity contribution in [2.45, 2.75) is 46.0 Å². The van der Waals surface area contributed by atoms with Gasteiger partial charge in [-0.1, -0.05) is 6.92 Å². The highest BCUT2D eigenvalue weighted by molar-refractivity contribution is 6.06. The van der Waals surface area contributed by atoms with Crippen molar-refractivity contribution in [3.63, 3.8) is 0 Å². The number of aromatic nitrogens is 8. The van der Waals surface area contributed by atoms with Crippen LogP contribution in [0, 0.1) is 13.8 Å². The Kier molecular flexibility index (Phi) is 14.2. The Hall–Kier alpha value is -7.96. The number of carbonyl (C=O) groups is 2. The standard InChI is InChI=1S/C28H32N6O4.C24H23N5O3/c1-4-25-23-5-6-26(31-27(23)33-32-25)24-15-20(17-29-18(24)2)30-28(35)19-13-21(36-3)16-22(14-19)38-12-9-34-7-10-37-11-8-34;1-13-20(21-7-6-19-22(14-4-5-14)28-29-23(19)27-21)10-16(12-25-13)26-24(30)15-8-17(31-2)11-18(9-15)32-3/h5-6,13-17H,4,7-12H2,1-3H3,(H,30,35)(H,31,32,33);6-12,14H,4-5H2,1-3H3,(H,26,30)(H,27,28,29). The van der Waals surface area contributed by atoms with Crippen LogP contribution in [0.1, 0.15) is 69.2 Å². The Morgan fingerprint density at radius 1 is 0.686 bits per heavy atom. The average molecular weight is 946 g/mol. The molecule has 4 N–H and O–H groups in total. The second kappa shape index (κ2) is 21.1. The lowest BCUT2D eigenvalue weighted by Gasteiger charge is -2.26. The zero-order chi connectivity index (χ0) is 48.7. The van der Waals surface area contributed by atoms with Crippen LogP contribution >= 0.6 is 0 Å². The fourth-order valence-corrected chi connectivity index (χ4v) is 8.21. The van der Waals surface area contributed by atoms with E-state index >= 15 is 0 Å². The topological polar surface area (TPSA) is 217 Å². The molecule has 7 heterocycles. The van der Waals surface area contributed by atoms with Gasteiger partial charge in [-0.15, -0.1) is 0 Å². The van der Waals surface area contributed by atoms with Gasteiger partial charge in [0.05, 0.1) is 81.1 Å². The van der Waals surface area contributed by atoms with E-state index in [2.05, 4.69) is 58.9 Å². The first kappa shape index (κ1) is 47.1. The van der Waals surface area contributed by atoms with Crippen molar-refractivity contribution in [3.8, 4) is 45.5 Å². The number of carbonyl (C=O) groups excluding carboxylic acids is 2. The number of pyridine rings is 4. The number of amides is 2. The van der Waals surface area contributed by atoms with Crippen LogP contribution < -0.4 is 29.6 Å². The molecule has 0 unspecified atom stereocenters. The summed E-state index contributed by atoms with van der Waals surface area (Å²) >= 11 is 0. The van der Waals surface area contributed by atoms with Gasteiger partial charge >= 0.3 is 0 Å². The van der Waals surface area contributed by atoms with Gasteiger partial charge in [-0.05, 0) is 93.8 Å². The molecular formula is C52H55N11O7. The highest BCUT2D eigenvalue weighted by Crippen LogP contribution is 2.42. The summed E-state index contributed by atoms with van der Waals surface area (Å²) in [6, 6.07) is 22.0. The van der Waals surface area contributed by atoms with Crippen molar-refractivity contribution in [2.24, 2.45) is 0 Å². The lowest BCUT2D eigenvalue weighted by Crippen LogP contribution is -2.38. The first-order valence-electron chi connectivity index (χ1n) is 23.2. The van der Waals surface area contributed by atoms with E-state index in [4.69, 9.17) is 33.7 Å². The van der Waals surface area contributed by atoms with Crippen LogP contribution in [-0.4, -0.2) is 118 Å². The quantitative estimate of drug-likeness (QED) is 0.0760. The van der Waals surface area contributed by atoms with E-state index in [1.165, 1.54) is 12.8 Å². The number of nitrogens with zero attached hydrogens (tertiary/aromatic N) is 7. The third-order valence-electron chi connectivity index (χ3n) is 12.3. The molecule has 1 saturated carbocycles. The lowest BCUT2D eigenvalue weighted by atomic mass is 10.1. The Labute approximate surface area is 404 Å². The van der Waals surface area contributed by atoms with E-state index in [-0.39, 0.29) is 11.8 Å². The number of nitrogens with one attached hydrogen (secondary N) is 4. The number of methoxy groups -OCH3 is 3. The number of rotatable bonds is 15. The predicted octanol–water partition coefficient (Wildman–Crippen LogP) is 8.34. The summed E-state index contributed by atoms with van der Waals surface area (Å²) in [5.74, 6) is 2.18. The van der Waals surface area contributed by atoms with Crippen LogP contribution in [0.4, 0.5) is 11.4 Å². The lowest BCUT2D eigenvalue weighted by molar-refractivity contribution is 0.0322. The number of hydrogen-bond donors (Lipinski definition) is 4. The summed E-state index contributed by atoms with van der Waals surface area (Å²) < 4.78 is 27.3. The van der Waals surface area contributed by atoms with Crippen LogP contribution in [0.25, 0.3) is 44.6 Å². The first-order valence-corrected chi connectivity index (χ1v) is 23.2. The molecule has 0 spiro atoms. The Balaban J connectivity index is 0.000000176. The molecule has 6 aromatic heterocycles. The highest BCUT2D eigenvalue weighted by atomic mass is 16.5. The van der Waals surface area contributed by atoms with Gasteiger partial charge in [-0.2, -0.15) is 10.2 Å². The van der Waals surface area contributed by atoms with Crippen molar-refractivity contribution in [1.29, 1.82) is 0 Å². The van der Waals surface area contributed by atoms with Crippen LogP contribution in [0.5, 0.6) is 23.0 Å². The molecule has 1 aliphatic heterocycles. The Morgan fingerprint density at radius 3 is 1.74 bits per heavy atom. The van der Waals surface area contributed by atoms with E-state index in [9.17, 15) is 9.59 Å². The first-order chi connectivity index (χ1) is 34.1. The number of anilines is 2. The fraction of sp³-hybridized carbons (Fsp3) is 0.308. The van der Waals surface area contributed by atoms with Crippen molar-refractivity contribution in [3.05, 3.63) is 119 Å². The summed E-state index contributed by atoms with van der Waals surface area (Å²) in [5.41, 5.74) is 10.4. The largest absolute Gasteiger partial charge is 0.497 e. The van der Waals surface area contributed by atoms with Gasteiger partial charge in [0.15, 0.2) is 11.3 Å². The molecule has 2 fully saturated rings. The molecule has 360 valence electrons. The average Bonchev–Trinajstić information content (AvgIpc) is 4.01. The summed E-state index contributed by atoms with van der Waals surface area (Å²) in [5, 5.41) is 22.8. The molecule has 0 atom stereocenters. The number of hydrogen-bond acceptors (Lipinski definition) is 14. The van der Waals surface area contributed by atoms with Crippen molar-refractivity contribution in [2.75, 3.05) is 71.4 Å². The van der Waals surface area contributed by atoms with Gasteiger partial charge < -0.3 is 34.3 Å². The van der Waals surface area contributed by atoms with Gasteiger partial charge in [0, 0.05) is 82.1 Å². The molecule has 2 amide bonds. The third kappa shape index (κ3) is 10.8. The second-order valence-corrected chi connectivity index (χ2v) is 17.0. The molecule has 2 aliphatic rings. The van der Waals surface area contributed by atoms with Crippen molar-refractivity contribution >= 4 is 45.3 Å². The summed E-state index contributed by atoms with van der Waals surface area (Å²) in [7, 11) is 4.66. The number of aromatic amines is 2. The molecule has 1 saturated heterocycles. The molecule has 70 heavy (non-hydrogen) atoms. The number of fused-ring (bicyclic) bond motifs is 2. The van der Waals surface area contributed by atoms with Gasteiger partial charge in [-0.3, -0.25) is 34.7 Å². The zero-order valence-corrected chi connectivity index (χ0v) is 40.0. The molecule has 0 bridgehead atoms. The predicted molar refractivity (Wildman–Crippen MR) is 266 cm³/mol. The number of H-pyrrole nitrogens is 2. The van der Waals surface area contributed by atoms with Crippen LogP contribution in [0.2, 0.25) is 0 Å². The summed E-state index contributed by atoms with van der Waals surface area (Å²) in [6.07, 6.45) is 6.47. The van der Waals surface area contributed by atoms with E-state index in [1.54, 1.807) is 70.1 Å². The minimum absolute atomic E-state index is 0.287. The molecule has 18 nitrogen and oxygen atoms in total. The second-order valence-electron chi connectivity index (χ2n) is 17.0. The van der Waals surface area contributed by atoms with E-state index in [1.807, 2.05) is 44.2 Å². The molecule has 8 aromatic rings. The van der Waals surface area contributed by atoms with Crippen LogP contribution in [-0.2, 0) is 11.2 Å². The van der Waals surface area contributed by atoms with E-state index in [0.29, 0.717) is 58.0 Å². The van der Waals surface area contributed by atoms with Gasteiger partial charge in [0.25, 0.3) is 11.8 Å². The van der Waals surface area contributed by atoms with Gasteiger partial charge in [-0.25, -0.2) is 9.97 Å². The molecule has 10 rings (SSSR count). The maximum absolute atomic E-state index is 13.2. The van der Waals surface area contributed by atoms with E-state index in [0.717, 1.165) is 107 Å². The molecular weight excluding hydrogens is 891 g/mol. The maximum Gasteiger partial charge on any atom is 0.255 e. The summed E-state index contributed by atoms with van der Waals surface area (Å²) in [4.78, 5) is 46.8. The monoisotopic (exact) mass is 945 g/mol. The van der Waals surface area contributed by atoms with Crippen molar-refractivity contribution in [1.82, 2.24) is 45.2 Å². The zero-order valence-electron chi connectivity index (χ0n) is 40.0. The van der Waals surface area contributed by atoms with Crippen molar-refractivity contribution < 1.29 is 33.3 Å². The smallest absolute Gasteiger partial charge is 0.255 e. The van der Waals surface area contributed by atoms with E-state index < -0.39 is 0 Å². The highest BCUT2D eigenvalue weighted by Gasteiger charge is 2.28. The molecule has 18 heteroatoms. The van der Waals surface area contributed by atoms with Crippen LogP contribution in [0.15, 0.2) is 85.2 Å². The minimum atomic E-state index is -0.289. The molecule has 2 aromatic carbocycles. The summed E-state index contributed by atoms with van der Waals surface area (Å²) in [6.45, 7) is 10.5. The Morgan fingerprint density at radius 2 is 1.20 bits per heavy atom.